The number of hydrogen-bond donors (Lipinski definition) is 1. The van der Waals surface area contributed by atoms with Crippen molar-refractivity contribution in [2.45, 2.75) is 6.10 Å². The Morgan fingerprint density at radius 1 is 1.11 bits per heavy atom. The van der Waals surface area contributed by atoms with Gasteiger partial charge < -0.3 is 15.1 Å². The number of ketones is 1. The summed E-state index contributed by atoms with van der Waals surface area (Å²) in [7, 11) is 3.15. The lowest BCUT2D eigenvalue weighted by Gasteiger charge is -2.24. The number of fused-ring (bicyclic) bond motifs is 1. The van der Waals surface area contributed by atoms with Crippen molar-refractivity contribution in [3.8, 4) is 0 Å². The highest BCUT2D eigenvalue weighted by molar-refractivity contribution is 6.47. The molecule has 0 saturated heterocycles. The molecule has 0 aliphatic carbocycles. The monoisotopic (exact) mass is 487 g/mol. The van der Waals surface area contributed by atoms with Gasteiger partial charge in [0.25, 0.3) is 11.6 Å². The van der Waals surface area contributed by atoms with E-state index in [4.69, 9.17) is 4.74 Å². The van der Waals surface area contributed by atoms with Crippen LogP contribution in [-0.2, 0) is 9.53 Å². The summed E-state index contributed by atoms with van der Waals surface area (Å²) in [4.78, 5) is 54.4. The van der Waals surface area contributed by atoms with Gasteiger partial charge in [0.1, 0.15) is 17.7 Å². The van der Waals surface area contributed by atoms with E-state index in [1.807, 2.05) is 0 Å². The van der Waals surface area contributed by atoms with Gasteiger partial charge in [-0.2, -0.15) is 5.10 Å². The lowest BCUT2D eigenvalue weighted by atomic mass is 9.84. The van der Waals surface area contributed by atoms with Crippen molar-refractivity contribution in [1.82, 2.24) is 9.99 Å². The number of anilines is 1. The standard InChI is InChI=1S/C25H21N5O6/c1-29(2)28-21(24(32)27-16-6-5-7-17(14-16)30(34)35)20(22(31)15-10-12-26-13-11-15)23-18-8-3-4-9-19(18)25(33)36-23/h3-14,20,23H,1-2H3,(H,27,32)/b28-21+/t20-,23-/m0/s1. The Hall–Kier alpha value is -4.93. The van der Waals surface area contributed by atoms with Crippen LogP contribution in [0, 0.1) is 16.0 Å². The average molecular weight is 487 g/mol. The molecule has 11 nitrogen and oxygen atoms in total. The number of nitro benzene ring substituents is 1. The molecule has 182 valence electrons. The first kappa shape index (κ1) is 24.2. The van der Waals surface area contributed by atoms with Gasteiger partial charge in [-0.05, 0) is 24.3 Å². The van der Waals surface area contributed by atoms with Crippen molar-refractivity contribution >= 4 is 34.7 Å². The van der Waals surface area contributed by atoms with E-state index in [9.17, 15) is 24.5 Å². The van der Waals surface area contributed by atoms with Crippen LogP contribution < -0.4 is 5.32 Å². The third-order valence-electron chi connectivity index (χ3n) is 5.42. The van der Waals surface area contributed by atoms with Crippen LogP contribution in [0.1, 0.15) is 32.4 Å². The van der Waals surface area contributed by atoms with Gasteiger partial charge >= 0.3 is 5.97 Å². The zero-order chi connectivity index (χ0) is 25.8. The maximum atomic E-state index is 13.8. The Morgan fingerprint density at radius 3 is 2.53 bits per heavy atom. The minimum Gasteiger partial charge on any atom is -0.453 e. The van der Waals surface area contributed by atoms with Crippen molar-refractivity contribution in [3.63, 3.8) is 0 Å². The van der Waals surface area contributed by atoms with E-state index < -0.39 is 34.6 Å². The third kappa shape index (κ3) is 4.94. The van der Waals surface area contributed by atoms with Gasteiger partial charge in [-0.3, -0.25) is 24.7 Å². The molecule has 1 aromatic heterocycles. The molecule has 2 atom stereocenters. The van der Waals surface area contributed by atoms with Crippen LogP contribution in [0.2, 0.25) is 0 Å². The molecule has 0 unspecified atom stereocenters. The van der Waals surface area contributed by atoms with Crippen molar-refractivity contribution in [3.05, 3.63) is 99.9 Å². The van der Waals surface area contributed by atoms with Gasteiger partial charge in [0, 0.05) is 55.4 Å². The molecule has 4 rings (SSSR count). The maximum Gasteiger partial charge on any atom is 0.339 e. The van der Waals surface area contributed by atoms with Crippen molar-refractivity contribution in [2.75, 3.05) is 19.4 Å². The molecule has 36 heavy (non-hydrogen) atoms. The summed E-state index contributed by atoms with van der Waals surface area (Å²) in [6.45, 7) is 0. The number of hydrazone groups is 1. The number of Topliss-reactive ketones (excluding diaryl/α,β-unsaturated/α-hetero) is 1. The van der Waals surface area contributed by atoms with E-state index in [-0.39, 0.29) is 22.6 Å². The van der Waals surface area contributed by atoms with Crippen molar-refractivity contribution in [2.24, 2.45) is 11.0 Å². The molecule has 0 fully saturated rings. The number of benzene rings is 2. The van der Waals surface area contributed by atoms with Crippen LogP contribution in [0.5, 0.6) is 0 Å². The predicted octanol–water partition coefficient (Wildman–Crippen LogP) is 3.26. The molecule has 0 radical (unpaired) electrons. The largest absolute Gasteiger partial charge is 0.453 e. The molecule has 11 heteroatoms. The number of aromatic nitrogens is 1. The highest BCUT2D eigenvalue weighted by Gasteiger charge is 2.45. The summed E-state index contributed by atoms with van der Waals surface area (Å²) in [5.41, 5.74) is 0.664. The lowest BCUT2D eigenvalue weighted by molar-refractivity contribution is -0.384. The summed E-state index contributed by atoms with van der Waals surface area (Å²) in [5.74, 6) is -3.23. The minimum absolute atomic E-state index is 0.139. The summed E-state index contributed by atoms with van der Waals surface area (Å²) < 4.78 is 5.61. The first-order valence-electron chi connectivity index (χ1n) is 10.8. The predicted molar refractivity (Wildman–Crippen MR) is 130 cm³/mol. The Morgan fingerprint density at radius 2 is 1.83 bits per heavy atom. The Labute approximate surface area is 205 Å². The first-order chi connectivity index (χ1) is 17.3. The fourth-order valence-electron chi connectivity index (χ4n) is 3.88. The summed E-state index contributed by atoms with van der Waals surface area (Å²) in [5, 5.41) is 19.4. The van der Waals surface area contributed by atoms with Gasteiger partial charge in [0.15, 0.2) is 5.78 Å². The molecule has 1 aliphatic rings. The molecule has 0 bridgehead atoms. The maximum absolute atomic E-state index is 13.8. The number of nitro groups is 1. The number of carbonyl (C=O) groups excluding carboxylic acids is 3. The zero-order valence-electron chi connectivity index (χ0n) is 19.3. The van der Waals surface area contributed by atoms with E-state index >= 15 is 0 Å². The van der Waals surface area contributed by atoms with Crippen molar-refractivity contribution in [1.29, 1.82) is 0 Å². The van der Waals surface area contributed by atoms with Crippen LogP contribution in [-0.4, -0.2) is 52.4 Å². The Kier molecular flexibility index (Phi) is 6.81. The molecule has 1 amide bonds. The summed E-state index contributed by atoms with van der Waals surface area (Å²) in [6, 6.07) is 15.0. The van der Waals surface area contributed by atoms with Crippen LogP contribution in [0.15, 0.2) is 78.2 Å². The first-order valence-corrected chi connectivity index (χ1v) is 10.8. The normalized spacial score (nSPS) is 15.4. The molecule has 1 aliphatic heterocycles. The van der Waals surface area contributed by atoms with Gasteiger partial charge in [0.05, 0.1) is 10.5 Å². The fraction of sp³-hybridized carbons (Fsp3) is 0.160. The van der Waals surface area contributed by atoms with E-state index in [1.54, 1.807) is 38.4 Å². The second-order valence-corrected chi connectivity index (χ2v) is 8.08. The quantitative estimate of drug-likeness (QED) is 0.168. The second-order valence-electron chi connectivity index (χ2n) is 8.08. The van der Waals surface area contributed by atoms with Crippen LogP contribution in [0.25, 0.3) is 0 Å². The third-order valence-corrected chi connectivity index (χ3v) is 5.42. The number of cyclic esters (lactones) is 1. The lowest BCUT2D eigenvalue weighted by Crippen LogP contribution is -2.39. The van der Waals surface area contributed by atoms with Crippen molar-refractivity contribution < 1.29 is 24.0 Å². The molecule has 3 aromatic rings. The molecule has 0 spiro atoms. The number of hydrogen-bond acceptors (Lipinski definition) is 9. The summed E-state index contributed by atoms with van der Waals surface area (Å²) in [6.07, 6.45) is 1.75. The fourth-order valence-corrected chi connectivity index (χ4v) is 3.88. The number of nitrogens with zero attached hydrogens (tertiary/aromatic N) is 4. The smallest absolute Gasteiger partial charge is 0.339 e. The second kappa shape index (κ2) is 10.1. The zero-order valence-corrected chi connectivity index (χ0v) is 19.3. The van der Waals surface area contributed by atoms with Gasteiger partial charge in [-0.1, -0.05) is 24.3 Å². The molecule has 2 aromatic carbocycles. The number of nitrogens with one attached hydrogen (secondary N) is 1. The Balaban J connectivity index is 1.80. The number of pyridine rings is 1. The van der Waals surface area contributed by atoms with E-state index in [1.165, 1.54) is 53.8 Å². The van der Waals surface area contributed by atoms with Gasteiger partial charge in [-0.15, -0.1) is 0 Å². The minimum atomic E-state index is -1.32. The highest BCUT2D eigenvalue weighted by Crippen LogP contribution is 2.38. The number of non-ortho nitro benzene ring substituents is 1. The van der Waals surface area contributed by atoms with Crippen LogP contribution in [0.3, 0.4) is 0 Å². The van der Waals surface area contributed by atoms with Gasteiger partial charge in [-0.25, -0.2) is 4.79 Å². The highest BCUT2D eigenvalue weighted by atomic mass is 16.6. The summed E-state index contributed by atoms with van der Waals surface area (Å²) >= 11 is 0. The SMILES string of the molecule is CN(C)/N=C(/C(=O)Nc1cccc([N+](=O)[O-])c1)[C@@H](C(=O)c1ccncc1)[C@H]1OC(=O)c2ccccc21. The number of amides is 1. The van der Waals surface area contributed by atoms with E-state index in [2.05, 4.69) is 15.4 Å². The molecular formula is C25H21N5O6. The molecular weight excluding hydrogens is 466 g/mol. The van der Waals surface area contributed by atoms with Crippen LogP contribution in [0.4, 0.5) is 11.4 Å². The molecule has 1 N–H and O–H groups in total. The topological polar surface area (TPSA) is 144 Å². The van der Waals surface area contributed by atoms with Gasteiger partial charge in [0.2, 0.25) is 0 Å². The van der Waals surface area contributed by atoms with E-state index in [0.29, 0.717) is 11.1 Å². The average Bonchev–Trinajstić information content (AvgIpc) is 3.20. The van der Waals surface area contributed by atoms with E-state index in [0.717, 1.165) is 0 Å². The number of esters is 1. The van der Waals surface area contributed by atoms with Crippen LogP contribution >= 0.6 is 0 Å². The number of carbonyl (C=O) groups is 3. The number of ether oxygens (including phenoxy) is 1. The molecule has 2 heterocycles. The molecule has 0 saturated carbocycles. The Bertz CT molecular complexity index is 1370. The number of rotatable bonds is 8.